The van der Waals surface area contributed by atoms with Crippen molar-refractivity contribution in [3.8, 4) is 0 Å². The zero-order valence-electron chi connectivity index (χ0n) is 11.3. The second-order valence-electron chi connectivity index (χ2n) is 5.09. The maximum atomic E-state index is 5.81. The topological polar surface area (TPSA) is 38.0 Å². The summed E-state index contributed by atoms with van der Waals surface area (Å²) in [7, 11) is 0. The van der Waals surface area contributed by atoms with Crippen LogP contribution in [0.5, 0.6) is 0 Å². The van der Waals surface area contributed by atoms with Crippen LogP contribution in [0.2, 0.25) is 0 Å². The van der Waals surface area contributed by atoms with Crippen molar-refractivity contribution in [1.29, 1.82) is 0 Å². The van der Waals surface area contributed by atoms with E-state index in [2.05, 4.69) is 41.3 Å². The van der Waals surface area contributed by atoms with E-state index in [0.717, 1.165) is 22.7 Å². The lowest BCUT2D eigenvalue weighted by molar-refractivity contribution is 0.806. The monoisotopic (exact) mass is 302 g/mol. The number of hydrogen-bond acceptors (Lipinski definition) is 3. The molecule has 0 radical (unpaired) electrons. The van der Waals surface area contributed by atoms with Crippen molar-refractivity contribution in [2.24, 2.45) is 5.73 Å². The third kappa shape index (κ3) is 2.76. The number of nitrogens with one attached hydrogen (secondary N) is 1. The van der Waals surface area contributed by atoms with Gasteiger partial charge in [-0.2, -0.15) is 11.8 Å². The summed E-state index contributed by atoms with van der Waals surface area (Å²) in [6, 6.07) is 12.4. The summed E-state index contributed by atoms with van der Waals surface area (Å²) in [5.74, 6) is 1.30. The van der Waals surface area contributed by atoms with E-state index in [-0.39, 0.29) is 0 Å². The average Bonchev–Trinajstić information content (AvgIpc) is 2.97. The molecule has 4 heteroatoms. The largest absolute Gasteiger partial charge is 0.389 e. The Morgan fingerprint density at radius 2 is 2.05 bits per heavy atom. The summed E-state index contributed by atoms with van der Waals surface area (Å²) in [6.07, 6.45) is 2.67. The molecule has 0 bridgehead atoms. The zero-order chi connectivity index (χ0) is 13.9. The minimum absolute atomic E-state index is 0.457. The molecular weight excluding hydrogens is 284 g/mol. The van der Waals surface area contributed by atoms with E-state index in [0.29, 0.717) is 4.99 Å². The van der Waals surface area contributed by atoms with Gasteiger partial charge in [-0.1, -0.05) is 36.5 Å². The molecule has 0 amide bonds. The zero-order valence-corrected chi connectivity index (χ0v) is 12.9. The predicted molar refractivity (Wildman–Crippen MR) is 93.8 cm³/mol. The fraction of sp³-hybridized carbons (Fsp3) is 0.312. The van der Waals surface area contributed by atoms with Gasteiger partial charge in [0.1, 0.15) is 4.99 Å². The van der Waals surface area contributed by atoms with Crippen LogP contribution in [0.1, 0.15) is 18.4 Å². The fourth-order valence-corrected chi connectivity index (χ4v) is 4.08. The number of nitrogens with two attached hydrogens (primary N) is 1. The quantitative estimate of drug-likeness (QED) is 0.843. The highest BCUT2D eigenvalue weighted by molar-refractivity contribution is 8.00. The van der Waals surface area contributed by atoms with Crippen LogP contribution in [0.15, 0.2) is 36.4 Å². The molecule has 1 aliphatic rings. The highest BCUT2D eigenvalue weighted by Gasteiger charge is 2.15. The van der Waals surface area contributed by atoms with Gasteiger partial charge in [0.15, 0.2) is 0 Å². The van der Waals surface area contributed by atoms with Crippen LogP contribution in [-0.2, 0) is 0 Å². The average molecular weight is 302 g/mol. The molecule has 1 aliphatic heterocycles. The van der Waals surface area contributed by atoms with Gasteiger partial charge in [-0.15, -0.1) is 0 Å². The Balaban J connectivity index is 1.91. The summed E-state index contributed by atoms with van der Waals surface area (Å²) >= 11 is 7.21. The molecule has 3 N–H and O–H groups in total. The molecule has 1 fully saturated rings. The standard InChI is InChI=1S/C16H18N2S2/c17-16(19)14-7-8-15(13-6-2-1-5-12(13)14)18-10-11-4-3-9-20-11/h1-2,5-8,11,18H,3-4,9-10H2,(H2,17,19). The molecule has 2 aromatic carbocycles. The van der Waals surface area contributed by atoms with Crippen LogP contribution in [0, 0.1) is 0 Å². The molecule has 1 atom stereocenters. The molecule has 0 aromatic heterocycles. The number of fused-ring (bicyclic) bond motifs is 1. The molecule has 3 rings (SSSR count). The van der Waals surface area contributed by atoms with Gasteiger partial charge in [-0.25, -0.2) is 0 Å². The van der Waals surface area contributed by atoms with Crippen molar-refractivity contribution >= 4 is 45.4 Å². The summed E-state index contributed by atoms with van der Waals surface area (Å²) < 4.78 is 0. The molecule has 0 saturated carbocycles. The molecule has 20 heavy (non-hydrogen) atoms. The summed E-state index contributed by atoms with van der Waals surface area (Å²) in [5.41, 5.74) is 7.94. The molecule has 0 aliphatic carbocycles. The van der Waals surface area contributed by atoms with Crippen molar-refractivity contribution in [2.45, 2.75) is 18.1 Å². The highest BCUT2D eigenvalue weighted by atomic mass is 32.2. The molecule has 104 valence electrons. The Bertz CT molecular complexity index is 633. The first kappa shape index (κ1) is 13.7. The van der Waals surface area contributed by atoms with E-state index in [1.807, 2.05) is 12.1 Å². The normalized spacial score (nSPS) is 18.3. The minimum Gasteiger partial charge on any atom is -0.389 e. The second kappa shape index (κ2) is 6.02. The lowest BCUT2D eigenvalue weighted by Gasteiger charge is -2.15. The first-order chi connectivity index (χ1) is 9.75. The molecular formula is C16H18N2S2. The van der Waals surface area contributed by atoms with Crippen molar-refractivity contribution in [3.05, 3.63) is 42.0 Å². The van der Waals surface area contributed by atoms with Crippen molar-refractivity contribution in [1.82, 2.24) is 0 Å². The van der Waals surface area contributed by atoms with Gasteiger partial charge in [0, 0.05) is 28.4 Å². The number of thiocarbonyl (C=S) groups is 1. The number of hydrogen-bond donors (Lipinski definition) is 2. The third-order valence-electron chi connectivity index (χ3n) is 3.73. The van der Waals surface area contributed by atoms with Gasteiger partial charge in [0.05, 0.1) is 0 Å². The van der Waals surface area contributed by atoms with Crippen LogP contribution in [0.3, 0.4) is 0 Å². The van der Waals surface area contributed by atoms with E-state index in [1.165, 1.54) is 29.7 Å². The molecule has 1 heterocycles. The third-order valence-corrected chi connectivity index (χ3v) is 5.35. The molecule has 2 nitrogen and oxygen atoms in total. The number of benzene rings is 2. The maximum Gasteiger partial charge on any atom is 0.104 e. The number of anilines is 1. The fourth-order valence-electron chi connectivity index (χ4n) is 2.70. The van der Waals surface area contributed by atoms with Gasteiger partial charge < -0.3 is 11.1 Å². The van der Waals surface area contributed by atoms with Gasteiger partial charge in [-0.05, 0) is 36.1 Å². The lowest BCUT2D eigenvalue weighted by atomic mass is 10.0. The van der Waals surface area contributed by atoms with Crippen molar-refractivity contribution in [2.75, 3.05) is 17.6 Å². The van der Waals surface area contributed by atoms with Crippen LogP contribution < -0.4 is 11.1 Å². The predicted octanol–water partition coefficient (Wildman–Crippen LogP) is 3.78. The summed E-state index contributed by atoms with van der Waals surface area (Å²) in [6.45, 7) is 1.03. The maximum absolute atomic E-state index is 5.81. The van der Waals surface area contributed by atoms with E-state index in [4.69, 9.17) is 18.0 Å². The van der Waals surface area contributed by atoms with Gasteiger partial charge in [0.25, 0.3) is 0 Å². The van der Waals surface area contributed by atoms with Crippen LogP contribution in [0.25, 0.3) is 10.8 Å². The molecule has 1 saturated heterocycles. The van der Waals surface area contributed by atoms with E-state index < -0.39 is 0 Å². The van der Waals surface area contributed by atoms with E-state index in [1.54, 1.807) is 0 Å². The Hall–Kier alpha value is -1.26. The Labute approximate surface area is 129 Å². The van der Waals surface area contributed by atoms with Crippen LogP contribution >= 0.6 is 24.0 Å². The first-order valence-corrected chi connectivity index (χ1v) is 8.38. The highest BCUT2D eigenvalue weighted by Crippen LogP contribution is 2.29. The second-order valence-corrected chi connectivity index (χ2v) is 6.93. The number of thioether (sulfide) groups is 1. The van der Waals surface area contributed by atoms with Crippen molar-refractivity contribution < 1.29 is 0 Å². The molecule has 2 aromatic rings. The minimum atomic E-state index is 0.457. The van der Waals surface area contributed by atoms with E-state index >= 15 is 0 Å². The Kier molecular flexibility index (Phi) is 4.13. The van der Waals surface area contributed by atoms with E-state index in [9.17, 15) is 0 Å². The number of rotatable bonds is 4. The summed E-state index contributed by atoms with van der Waals surface area (Å²) in [4.78, 5) is 0.457. The van der Waals surface area contributed by atoms with Gasteiger partial charge in [0.2, 0.25) is 0 Å². The van der Waals surface area contributed by atoms with Crippen LogP contribution in [0.4, 0.5) is 5.69 Å². The SMILES string of the molecule is NC(=S)c1ccc(NCC2CCCS2)c2ccccc12. The Morgan fingerprint density at radius 1 is 1.25 bits per heavy atom. The lowest BCUT2D eigenvalue weighted by Crippen LogP contribution is -2.14. The molecule has 1 unspecified atom stereocenters. The van der Waals surface area contributed by atoms with Crippen LogP contribution in [-0.4, -0.2) is 22.5 Å². The summed E-state index contributed by atoms with van der Waals surface area (Å²) in [5, 5.41) is 6.65. The smallest absolute Gasteiger partial charge is 0.104 e. The van der Waals surface area contributed by atoms with Gasteiger partial charge >= 0.3 is 0 Å². The van der Waals surface area contributed by atoms with Crippen molar-refractivity contribution in [3.63, 3.8) is 0 Å². The van der Waals surface area contributed by atoms with Gasteiger partial charge in [-0.3, -0.25) is 0 Å². The molecule has 0 spiro atoms. The Morgan fingerprint density at radius 3 is 2.75 bits per heavy atom. The first-order valence-electron chi connectivity index (χ1n) is 6.93.